The highest BCUT2D eigenvalue weighted by molar-refractivity contribution is 5.78. The summed E-state index contributed by atoms with van der Waals surface area (Å²) in [6.45, 7) is 7.80. The van der Waals surface area contributed by atoms with E-state index in [1.807, 2.05) is 32.0 Å². The van der Waals surface area contributed by atoms with Crippen molar-refractivity contribution in [3.63, 3.8) is 0 Å². The standard InChI is InChI=1S/C14H17N3O2/c1-5-19-11(4)16-17-10(3)15-13-7-6-9(2)8-12(13)14(17)18/h6-8H,5H2,1-4H3/b16-11+. The number of aromatic nitrogens is 2. The Morgan fingerprint density at radius 3 is 2.84 bits per heavy atom. The molecule has 5 heteroatoms. The number of hydrogen-bond acceptors (Lipinski definition) is 4. The van der Waals surface area contributed by atoms with Crippen molar-refractivity contribution >= 4 is 16.8 Å². The van der Waals surface area contributed by atoms with Gasteiger partial charge in [0.1, 0.15) is 5.82 Å². The van der Waals surface area contributed by atoms with E-state index in [1.54, 1.807) is 13.8 Å². The Labute approximate surface area is 111 Å². The predicted molar refractivity (Wildman–Crippen MR) is 75.6 cm³/mol. The van der Waals surface area contributed by atoms with Crippen LogP contribution in [0.3, 0.4) is 0 Å². The molecular weight excluding hydrogens is 242 g/mol. The van der Waals surface area contributed by atoms with Crippen molar-refractivity contribution in [3.05, 3.63) is 39.9 Å². The molecule has 0 unspecified atom stereocenters. The summed E-state index contributed by atoms with van der Waals surface area (Å²) < 4.78 is 6.54. The molecule has 0 aliphatic carbocycles. The molecule has 0 spiro atoms. The van der Waals surface area contributed by atoms with E-state index >= 15 is 0 Å². The third-order valence-electron chi connectivity index (χ3n) is 2.76. The van der Waals surface area contributed by atoms with Crippen LogP contribution >= 0.6 is 0 Å². The minimum atomic E-state index is -0.176. The highest BCUT2D eigenvalue weighted by Gasteiger charge is 2.08. The second kappa shape index (κ2) is 5.22. The molecule has 2 rings (SSSR count). The summed E-state index contributed by atoms with van der Waals surface area (Å²) >= 11 is 0. The molecular formula is C14H17N3O2. The van der Waals surface area contributed by atoms with Crippen molar-refractivity contribution in [1.29, 1.82) is 0 Å². The van der Waals surface area contributed by atoms with Gasteiger partial charge in [0.15, 0.2) is 0 Å². The van der Waals surface area contributed by atoms with Crippen LogP contribution < -0.4 is 5.56 Å². The summed E-state index contributed by atoms with van der Waals surface area (Å²) in [5, 5.41) is 4.73. The quantitative estimate of drug-likeness (QED) is 0.614. The van der Waals surface area contributed by atoms with Crippen LogP contribution in [0.25, 0.3) is 10.9 Å². The van der Waals surface area contributed by atoms with Crippen molar-refractivity contribution < 1.29 is 4.74 Å². The van der Waals surface area contributed by atoms with Gasteiger partial charge in [0, 0.05) is 6.92 Å². The number of benzene rings is 1. The molecule has 0 saturated carbocycles. The SMILES string of the molecule is CCO/C(C)=N/n1c(C)nc2ccc(C)cc2c1=O. The molecule has 2 aromatic rings. The van der Waals surface area contributed by atoms with E-state index in [4.69, 9.17) is 4.74 Å². The van der Waals surface area contributed by atoms with Gasteiger partial charge < -0.3 is 4.74 Å². The zero-order valence-corrected chi connectivity index (χ0v) is 11.6. The number of rotatable bonds is 2. The summed E-state index contributed by atoms with van der Waals surface area (Å²) in [4.78, 5) is 16.8. The van der Waals surface area contributed by atoms with Gasteiger partial charge in [-0.1, -0.05) is 11.6 Å². The van der Waals surface area contributed by atoms with Crippen LogP contribution in [0, 0.1) is 13.8 Å². The molecule has 0 radical (unpaired) electrons. The Bertz CT molecular complexity index is 702. The van der Waals surface area contributed by atoms with Crippen LogP contribution in [0.15, 0.2) is 28.1 Å². The van der Waals surface area contributed by atoms with Crippen molar-refractivity contribution in [2.75, 3.05) is 6.61 Å². The van der Waals surface area contributed by atoms with E-state index in [-0.39, 0.29) is 5.56 Å². The molecule has 1 aromatic carbocycles. The van der Waals surface area contributed by atoms with Crippen LogP contribution in [0.4, 0.5) is 0 Å². The molecule has 5 nitrogen and oxygen atoms in total. The molecule has 0 fully saturated rings. The monoisotopic (exact) mass is 259 g/mol. The fourth-order valence-corrected chi connectivity index (χ4v) is 1.90. The molecule has 0 N–H and O–H groups in total. The maximum absolute atomic E-state index is 12.4. The molecule has 0 saturated heterocycles. The lowest BCUT2D eigenvalue weighted by Gasteiger charge is -2.07. The summed E-state index contributed by atoms with van der Waals surface area (Å²) in [6.07, 6.45) is 0. The average molecular weight is 259 g/mol. The maximum atomic E-state index is 12.4. The van der Waals surface area contributed by atoms with Gasteiger partial charge in [-0.05, 0) is 32.9 Å². The second-order valence-corrected chi connectivity index (χ2v) is 4.35. The molecule has 0 aliphatic rings. The Kier molecular flexibility index (Phi) is 3.64. The lowest BCUT2D eigenvalue weighted by molar-refractivity contribution is 0.320. The maximum Gasteiger partial charge on any atom is 0.282 e. The molecule has 0 amide bonds. The van der Waals surface area contributed by atoms with Crippen LogP contribution in [0.2, 0.25) is 0 Å². The van der Waals surface area contributed by atoms with Gasteiger partial charge in [0.2, 0.25) is 5.90 Å². The van der Waals surface area contributed by atoms with Gasteiger partial charge in [-0.25, -0.2) is 4.98 Å². The summed E-state index contributed by atoms with van der Waals surface area (Å²) in [6, 6.07) is 5.61. The predicted octanol–water partition coefficient (Wildman–Crippen LogP) is 2.23. The third kappa shape index (κ3) is 2.65. The topological polar surface area (TPSA) is 56.5 Å². The second-order valence-electron chi connectivity index (χ2n) is 4.35. The van der Waals surface area contributed by atoms with Gasteiger partial charge >= 0.3 is 0 Å². The fourth-order valence-electron chi connectivity index (χ4n) is 1.90. The smallest absolute Gasteiger partial charge is 0.282 e. The first kappa shape index (κ1) is 13.3. The van der Waals surface area contributed by atoms with Crippen LogP contribution in [0.5, 0.6) is 0 Å². The molecule has 0 atom stereocenters. The number of nitrogens with zero attached hydrogens (tertiary/aromatic N) is 3. The summed E-state index contributed by atoms with van der Waals surface area (Å²) in [5.74, 6) is 0.988. The molecule has 0 aliphatic heterocycles. The first-order valence-corrected chi connectivity index (χ1v) is 6.21. The van der Waals surface area contributed by atoms with Gasteiger partial charge in [0.25, 0.3) is 5.56 Å². The Morgan fingerprint density at radius 2 is 2.16 bits per heavy atom. The van der Waals surface area contributed by atoms with Gasteiger partial charge in [-0.3, -0.25) is 4.79 Å². The molecule has 1 heterocycles. The number of hydrogen-bond donors (Lipinski definition) is 0. The van der Waals surface area contributed by atoms with E-state index in [0.717, 1.165) is 5.56 Å². The first-order chi connectivity index (χ1) is 9.02. The van der Waals surface area contributed by atoms with E-state index in [2.05, 4.69) is 10.1 Å². The van der Waals surface area contributed by atoms with E-state index in [0.29, 0.717) is 29.2 Å². The average Bonchev–Trinajstić information content (AvgIpc) is 2.36. The van der Waals surface area contributed by atoms with Crippen LogP contribution in [-0.2, 0) is 4.74 Å². The Hall–Kier alpha value is -2.17. The first-order valence-electron chi connectivity index (χ1n) is 6.21. The minimum Gasteiger partial charge on any atom is -0.480 e. The summed E-state index contributed by atoms with van der Waals surface area (Å²) in [7, 11) is 0. The fraction of sp³-hybridized carbons (Fsp3) is 0.357. The van der Waals surface area contributed by atoms with Crippen LogP contribution in [-0.4, -0.2) is 22.2 Å². The number of ether oxygens (including phenoxy) is 1. The van der Waals surface area contributed by atoms with Gasteiger partial charge in [0.05, 0.1) is 17.5 Å². The molecule has 100 valence electrons. The lowest BCUT2D eigenvalue weighted by Crippen LogP contribution is -2.22. The van der Waals surface area contributed by atoms with Crippen molar-refractivity contribution in [2.45, 2.75) is 27.7 Å². The highest BCUT2D eigenvalue weighted by atomic mass is 16.5. The molecule has 1 aromatic heterocycles. The van der Waals surface area contributed by atoms with Crippen molar-refractivity contribution in [1.82, 2.24) is 9.66 Å². The third-order valence-corrected chi connectivity index (χ3v) is 2.76. The van der Waals surface area contributed by atoms with Crippen molar-refractivity contribution in [3.8, 4) is 0 Å². The van der Waals surface area contributed by atoms with Crippen molar-refractivity contribution in [2.24, 2.45) is 5.10 Å². The normalized spacial score (nSPS) is 11.9. The molecule has 0 bridgehead atoms. The van der Waals surface area contributed by atoms with E-state index < -0.39 is 0 Å². The molecule has 19 heavy (non-hydrogen) atoms. The highest BCUT2D eigenvalue weighted by Crippen LogP contribution is 2.10. The zero-order valence-electron chi connectivity index (χ0n) is 11.6. The van der Waals surface area contributed by atoms with E-state index in [9.17, 15) is 4.79 Å². The number of fused-ring (bicyclic) bond motifs is 1. The summed E-state index contributed by atoms with van der Waals surface area (Å²) in [5.41, 5.74) is 1.53. The largest absolute Gasteiger partial charge is 0.480 e. The Morgan fingerprint density at radius 1 is 1.42 bits per heavy atom. The lowest BCUT2D eigenvalue weighted by atomic mass is 10.2. The van der Waals surface area contributed by atoms with Crippen LogP contribution in [0.1, 0.15) is 25.2 Å². The minimum absolute atomic E-state index is 0.176. The van der Waals surface area contributed by atoms with E-state index in [1.165, 1.54) is 4.68 Å². The van der Waals surface area contributed by atoms with Gasteiger partial charge in [-0.2, -0.15) is 4.68 Å². The number of aryl methyl sites for hydroxylation is 2. The van der Waals surface area contributed by atoms with Gasteiger partial charge in [-0.15, -0.1) is 5.10 Å². The zero-order chi connectivity index (χ0) is 14.0. The Balaban J connectivity index is 2.68.